The first-order valence-electron chi connectivity index (χ1n) is 9.46. The third-order valence-corrected chi connectivity index (χ3v) is 4.42. The second-order valence-corrected chi connectivity index (χ2v) is 6.20. The number of fused-ring (bicyclic) bond motifs is 1. The van der Waals surface area contributed by atoms with Gasteiger partial charge in [0.15, 0.2) is 11.6 Å². The molecule has 0 bridgehead atoms. The lowest BCUT2D eigenvalue weighted by Crippen LogP contribution is -2.54. The summed E-state index contributed by atoms with van der Waals surface area (Å²) in [5, 5.41) is 11.8. The highest BCUT2D eigenvalue weighted by Crippen LogP contribution is 2.06. The van der Waals surface area contributed by atoms with Crippen LogP contribution in [0.25, 0.3) is 5.65 Å². The summed E-state index contributed by atoms with van der Waals surface area (Å²) in [6.45, 7) is 8.44. The van der Waals surface area contributed by atoms with Crippen molar-refractivity contribution in [1.29, 1.82) is 0 Å². The minimum atomic E-state index is -0.238. The third-order valence-electron chi connectivity index (χ3n) is 4.42. The average Bonchev–Trinajstić information content (AvgIpc) is 3.11. The Morgan fingerprint density at radius 2 is 1.93 bits per heavy atom. The maximum absolute atomic E-state index is 11.8. The summed E-state index contributed by atoms with van der Waals surface area (Å²) in [5.41, 5.74) is 0.846. The number of nitrogens with one attached hydrogen (secondary N) is 1. The van der Waals surface area contributed by atoms with Crippen LogP contribution in [0.15, 0.2) is 29.4 Å². The number of rotatable bonds is 5. The summed E-state index contributed by atoms with van der Waals surface area (Å²) in [4.78, 5) is 20.5. The number of aliphatic imine (C=N–C) groups is 1. The molecule has 0 aromatic carbocycles. The topological polar surface area (TPSA) is 87.4 Å². The highest BCUT2D eigenvalue weighted by Gasteiger charge is 2.23. The molecule has 154 valence electrons. The van der Waals surface area contributed by atoms with Crippen LogP contribution in [-0.2, 0) is 11.2 Å². The zero-order chi connectivity index (χ0) is 19.1. The van der Waals surface area contributed by atoms with Gasteiger partial charge in [0.25, 0.3) is 0 Å². The lowest BCUT2D eigenvalue weighted by Gasteiger charge is -2.35. The summed E-state index contributed by atoms with van der Waals surface area (Å²) < 4.78 is 7.06. The molecule has 3 rings (SSSR count). The Morgan fingerprint density at radius 3 is 2.64 bits per heavy atom. The number of hydrogen-bond donors (Lipinski definition) is 1. The second kappa shape index (κ2) is 11.0. The van der Waals surface area contributed by atoms with E-state index in [9.17, 15) is 4.79 Å². The Hall–Kier alpha value is -2.11. The second-order valence-electron chi connectivity index (χ2n) is 6.20. The molecule has 2 aromatic rings. The van der Waals surface area contributed by atoms with Crippen LogP contribution in [0.2, 0.25) is 0 Å². The third kappa shape index (κ3) is 5.46. The number of guanidine groups is 1. The number of halogens is 1. The van der Waals surface area contributed by atoms with E-state index in [1.54, 1.807) is 4.90 Å². The molecule has 1 amide bonds. The predicted octanol–water partition coefficient (Wildman–Crippen LogP) is 1.63. The molecule has 1 saturated heterocycles. The molecule has 0 saturated carbocycles. The molecule has 28 heavy (non-hydrogen) atoms. The summed E-state index contributed by atoms with van der Waals surface area (Å²) in [5.74, 6) is 1.77. The zero-order valence-corrected chi connectivity index (χ0v) is 18.7. The van der Waals surface area contributed by atoms with Crippen molar-refractivity contribution in [1.82, 2.24) is 29.7 Å². The minimum absolute atomic E-state index is 0. The van der Waals surface area contributed by atoms with Crippen molar-refractivity contribution < 1.29 is 9.53 Å². The van der Waals surface area contributed by atoms with Gasteiger partial charge in [-0.05, 0) is 26.0 Å². The van der Waals surface area contributed by atoms with Crippen LogP contribution < -0.4 is 5.32 Å². The standard InChI is InChI=1S/C18H27N7O2.HI/c1-3-19-17(23-11-13-24(14-12-23)18(26)27-4-2)20-9-8-16-22-21-15-7-5-6-10-25(15)16;/h5-7,10H,3-4,8-9,11-14H2,1-2H3,(H,19,20);1H. The number of carbonyl (C=O) groups excluding carboxylic acids is 1. The van der Waals surface area contributed by atoms with E-state index in [1.165, 1.54) is 0 Å². The van der Waals surface area contributed by atoms with E-state index < -0.39 is 0 Å². The number of piperazine rings is 1. The van der Waals surface area contributed by atoms with Crippen molar-refractivity contribution >= 4 is 41.7 Å². The van der Waals surface area contributed by atoms with Crippen LogP contribution in [0, 0.1) is 0 Å². The summed E-state index contributed by atoms with van der Waals surface area (Å²) in [7, 11) is 0. The first-order valence-corrected chi connectivity index (χ1v) is 9.46. The molecular formula is C18H28IN7O2. The lowest BCUT2D eigenvalue weighted by molar-refractivity contribution is 0.0914. The van der Waals surface area contributed by atoms with E-state index in [4.69, 9.17) is 9.73 Å². The molecule has 0 unspecified atom stereocenters. The van der Waals surface area contributed by atoms with Crippen LogP contribution in [0.3, 0.4) is 0 Å². The Bertz CT molecular complexity index is 787. The first-order chi connectivity index (χ1) is 13.2. The molecule has 9 nitrogen and oxygen atoms in total. The van der Waals surface area contributed by atoms with Crippen molar-refractivity contribution in [2.24, 2.45) is 4.99 Å². The molecule has 0 atom stereocenters. The number of ether oxygens (including phenoxy) is 1. The van der Waals surface area contributed by atoms with Gasteiger partial charge in [0, 0.05) is 51.9 Å². The molecular weight excluding hydrogens is 473 g/mol. The first kappa shape index (κ1) is 22.2. The molecule has 1 N–H and O–H groups in total. The molecule has 1 aliphatic heterocycles. The smallest absolute Gasteiger partial charge is 0.409 e. The van der Waals surface area contributed by atoms with Crippen molar-refractivity contribution in [3.05, 3.63) is 30.2 Å². The fourth-order valence-corrected chi connectivity index (χ4v) is 3.06. The normalized spacial score (nSPS) is 14.7. The SMILES string of the molecule is CCNC(=NCCc1nnc2ccccn12)N1CCN(C(=O)OCC)CC1.I. The van der Waals surface area contributed by atoms with Gasteiger partial charge in [-0.25, -0.2) is 4.79 Å². The van der Waals surface area contributed by atoms with Crippen LogP contribution in [-0.4, -0.2) is 82.3 Å². The number of amides is 1. The maximum Gasteiger partial charge on any atom is 0.409 e. The number of hydrogen-bond acceptors (Lipinski definition) is 5. The monoisotopic (exact) mass is 501 g/mol. The van der Waals surface area contributed by atoms with Crippen LogP contribution >= 0.6 is 24.0 Å². The fraction of sp³-hybridized carbons (Fsp3) is 0.556. The van der Waals surface area contributed by atoms with E-state index in [1.807, 2.05) is 35.7 Å². The van der Waals surface area contributed by atoms with Crippen LogP contribution in [0.4, 0.5) is 4.79 Å². The summed E-state index contributed by atoms with van der Waals surface area (Å²) >= 11 is 0. The summed E-state index contributed by atoms with van der Waals surface area (Å²) in [6, 6.07) is 5.86. The Balaban J connectivity index is 0.00000280. The minimum Gasteiger partial charge on any atom is -0.450 e. The molecule has 0 spiro atoms. The van der Waals surface area contributed by atoms with Gasteiger partial charge in [0.1, 0.15) is 5.82 Å². The van der Waals surface area contributed by atoms with Gasteiger partial charge in [-0.15, -0.1) is 34.2 Å². The lowest BCUT2D eigenvalue weighted by atomic mass is 10.3. The van der Waals surface area contributed by atoms with Gasteiger partial charge >= 0.3 is 6.09 Å². The van der Waals surface area contributed by atoms with Gasteiger partial charge in [-0.1, -0.05) is 6.07 Å². The Morgan fingerprint density at radius 1 is 1.18 bits per heavy atom. The van der Waals surface area contributed by atoms with Crippen molar-refractivity contribution in [2.75, 3.05) is 45.9 Å². The number of aromatic nitrogens is 3. The van der Waals surface area contributed by atoms with Crippen molar-refractivity contribution in [3.8, 4) is 0 Å². The number of nitrogens with zero attached hydrogens (tertiary/aromatic N) is 6. The Kier molecular flexibility index (Phi) is 8.74. The molecule has 2 aromatic heterocycles. The van der Waals surface area contributed by atoms with Crippen LogP contribution in [0.5, 0.6) is 0 Å². The van der Waals surface area contributed by atoms with E-state index in [-0.39, 0.29) is 30.1 Å². The molecule has 0 aliphatic carbocycles. The Labute approximate surface area is 182 Å². The van der Waals surface area contributed by atoms with Gasteiger partial charge in [0.05, 0.1) is 6.61 Å². The van der Waals surface area contributed by atoms with Crippen molar-refractivity contribution in [3.63, 3.8) is 0 Å². The van der Waals surface area contributed by atoms with Gasteiger partial charge in [-0.3, -0.25) is 9.39 Å². The molecule has 1 fully saturated rings. The number of carbonyl (C=O) groups is 1. The van der Waals surface area contributed by atoms with Crippen molar-refractivity contribution in [2.45, 2.75) is 20.3 Å². The maximum atomic E-state index is 11.8. The molecule has 1 aliphatic rings. The highest BCUT2D eigenvalue weighted by molar-refractivity contribution is 14.0. The van der Waals surface area contributed by atoms with Gasteiger partial charge in [-0.2, -0.15) is 0 Å². The van der Waals surface area contributed by atoms with E-state index in [0.717, 1.165) is 37.1 Å². The van der Waals surface area contributed by atoms with E-state index in [0.29, 0.717) is 32.7 Å². The summed E-state index contributed by atoms with van der Waals surface area (Å²) in [6.07, 6.45) is 2.44. The van der Waals surface area contributed by atoms with E-state index >= 15 is 0 Å². The quantitative estimate of drug-likeness (QED) is 0.381. The van der Waals surface area contributed by atoms with E-state index in [2.05, 4.69) is 27.3 Å². The van der Waals surface area contributed by atoms with Crippen LogP contribution in [0.1, 0.15) is 19.7 Å². The highest BCUT2D eigenvalue weighted by atomic mass is 127. The van der Waals surface area contributed by atoms with Gasteiger partial charge in [0.2, 0.25) is 0 Å². The predicted molar refractivity (Wildman–Crippen MR) is 118 cm³/mol. The molecule has 10 heteroatoms. The number of pyridine rings is 1. The molecule has 0 radical (unpaired) electrons. The van der Waals surface area contributed by atoms with Gasteiger partial charge < -0.3 is 19.9 Å². The zero-order valence-electron chi connectivity index (χ0n) is 16.4. The average molecular weight is 501 g/mol. The fourth-order valence-electron chi connectivity index (χ4n) is 3.06. The molecule has 3 heterocycles. The largest absolute Gasteiger partial charge is 0.450 e.